The molecule has 10 heteroatoms. The van der Waals surface area contributed by atoms with Crippen LogP contribution in [0.1, 0.15) is 27.0 Å². The van der Waals surface area contributed by atoms with E-state index >= 15 is 0 Å². The molecule has 0 fully saturated rings. The van der Waals surface area contributed by atoms with Crippen molar-refractivity contribution in [2.24, 2.45) is 4.99 Å². The van der Waals surface area contributed by atoms with E-state index in [-0.39, 0.29) is 28.8 Å². The fourth-order valence-corrected chi connectivity index (χ4v) is 3.36. The molecular weight excluding hydrogens is 476 g/mol. The number of ether oxygens (including phenoxy) is 3. The molecule has 3 aromatic rings. The highest BCUT2D eigenvalue weighted by Crippen LogP contribution is 2.31. The predicted molar refractivity (Wildman–Crippen MR) is 128 cm³/mol. The van der Waals surface area contributed by atoms with Gasteiger partial charge in [-0.2, -0.15) is 0 Å². The number of nitrogens with zero attached hydrogens (tertiary/aromatic N) is 2. The van der Waals surface area contributed by atoms with Crippen LogP contribution in [-0.4, -0.2) is 29.9 Å². The maximum Gasteiger partial charge on any atom is 0.363 e. The van der Waals surface area contributed by atoms with Gasteiger partial charge < -0.3 is 14.2 Å². The maximum atomic E-state index is 12.4. The van der Waals surface area contributed by atoms with E-state index in [1.807, 2.05) is 0 Å². The molecule has 0 saturated heterocycles. The Labute approximate surface area is 204 Å². The minimum absolute atomic E-state index is 0.00353. The highest BCUT2D eigenvalue weighted by molar-refractivity contribution is 6.30. The number of cyclic esters (lactones) is 1. The third-order valence-corrected chi connectivity index (χ3v) is 5.30. The molecular formula is C25H17ClN2O7. The van der Waals surface area contributed by atoms with Crippen LogP contribution in [0.2, 0.25) is 5.02 Å². The largest absolute Gasteiger partial charge is 0.493 e. The van der Waals surface area contributed by atoms with E-state index in [2.05, 4.69) is 4.99 Å². The van der Waals surface area contributed by atoms with E-state index in [0.29, 0.717) is 27.3 Å². The van der Waals surface area contributed by atoms with E-state index in [0.717, 1.165) is 0 Å². The van der Waals surface area contributed by atoms with Crippen LogP contribution in [0.4, 0.5) is 5.69 Å². The van der Waals surface area contributed by atoms with Crippen molar-refractivity contribution in [2.75, 3.05) is 7.11 Å². The van der Waals surface area contributed by atoms with Crippen molar-refractivity contribution < 1.29 is 28.7 Å². The van der Waals surface area contributed by atoms with Gasteiger partial charge in [-0.25, -0.2) is 14.6 Å². The van der Waals surface area contributed by atoms with Gasteiger partial charge in [-0.05, 0) is 61.0 Å². The topological polar surface area (TPSA) is 117 Å². The first kappa shape index (κ1) is 23.7. The van der Waals surface area contributed by atoms with Gasteiger partial charge in [-0.1, -0.05) is 23.7 Å². The van der Waals surface area contributed by atoms with Crippen molar-refractivity contribution in [1.82, 2.24) is 0 Å². The highest BCUT2D eigenvalue weighted by atomic mass is 35.5. The Kier molecular flexibility index (Phi) is 6.61. The number of hydrogen-bond donors (Lipinski definition) is 0. The number of nitro benzene ring substituents is 1. The summed E-state index contributed by atoms with van der Waals surface area (Å²) >= 11 is 5.84. The summed E-state index contributed by atoms with van der Waals surface area (Å²) in [6, 6.07) is 15.4. The smallest absolute Gasteiger partial charge is 0.363 e. The second kappa shape index (κ2) is 9.78. The van der Waals surface area contributed by atoms with Gasteiger partial charge in [-0.15, -0.1) is 0 Å². The third kappa shape index (κ3) is 5.20. The summed E-state index contributed by atoms with van der Waals surface area (Å²) in [6.45, 7) is 1.61. The zero-order chi connectivity index (χ0) is 25.1. The van der Waals surface area contributed by atoms with Crippen LogP contribution >= 0.6 is 11.6 Å². The summed E-state index contributed by atoms with van der Waals surface area (Å²) in [5.74, 6) is -0.900. The molecule has 0 aromatic heterocycles. The molecule has 0 spiro atoms. The van der Waals surface area contributed by atoms with E-state index in [4.69, 9.17) is 25.8 Å². The molecule has 0 saturated carbocycles. The molecule has 35 heavy (non-hydrogen) atoms. The van der Waals surface area contributed by atoms with Crippen LogP contribution in [0.5, 0.6) is 11.5 Å². The summed E-state index contributed by atoms with van der Waals surface area (Å²) in [5, 5.41) is 11.7. The molecule has 4 rings (SSSR count). The Morgan fingerprint density at radius 1 is 1.09 bits per heavy atom. The van der Waals surface area contributed by atoms with Gasteiger partial charge in [0.2, 0.25) is 5.90 Å². The second-order valence-electron chi connectivity index (χ2n) is 7.40. The molecule has 0 N–H and O–H groups in total. The van der Waals surface area contributed by atoms with Crippen molar-refractivity contribution in [3.8, 4) is 11.5 Å². The Hall–Kier alpha value is -4.50. The molecule has 0 radical (unpaired) electrons. The van der Waals surface area contributed by atoms with Crippen LogP contribution in [0.25, 0.3) is 6.08 Å². The zero-order valence-corrected chi connectivity index (χ0v) is 19.2. The number of hydrogen-bond acceptors (Lipinski definition) is 8. The lowest BCUT2D eigenvalue weighted by atomic mass is 10.1. The van der Waals surface area contributed by atoms with Crippen LogP contribution in [0.3, 0.4) is 0 Å². The average molecular weight is 493 g/mol. The first-order valence-corrected chi connectivity index (χ1v) is 10.6. The SMILES string of the molecule is COc1cc(/C=C2\N=C(c3ccc(C)c([N+](=O)[O-])c3)OC2=O)ccc1OC(=O)c1ccc(Cl)cc1. The molecule has 1 aliphatic rings. The Bertz CT molecular complexity index is 1410. The van der Waals surface area contributed by atoms with E-state index in [9.17, 15) is 19.7 Å². The lowest BCUT2D eigenvalue weighted by Gasteiger charge is -2.10. The Morgan fingerprint density at radius 2 is 1.83 bits per heavy atom. The number of methoxy groups -OCH3 is 1. The summed E-state index contributed by atoms with van der Waals surface area (Å²) in [5.41, 5.74) is 1.52. The van der Waals surface area contributed by atoms with Gasteiger partial charge in [0, 0.05) is 22.2 Å². The molecule has 1 aliphatic heterocycles. The first-order chi connectivity index (χ1) is 16.7. The lowest BCUT2D eigenvalue weighted by molar-refractivity contribution is -0.385. The molecule has 0 unspecified atom stereocenters. The number of carbonyl (C=O) groups is 2. The average Bonchev–Trinajstić information content (AvgIpc) is 3.20. The second-order valence-corrected chi connectivity index (χ2v) is 7.84. The number of aliphatic imine (C=N–C) groups is 1. The minimum atomic E-state index is -0.708. The van der Waals surface area contributed by atoms with Gasteiger partial charge in [-0.3, -0.25) is 10.1 Å². The number of halogens is 1. The molecule has 0 bridgehead atoms. The number of aryl methyl sites for hydroxylation is 1. The van der Waals surface area contributed by atoms with E-state index in [1.54, 1.807) is 55.5 Å². The quantitative estimate of drug-likeness (QED) is 0.154. The number of esters is 2. The fourth-order valence-electron chi connectivity index (χ4n) is 3.23. The standard InChI is InChI=1S/C25H17ClN2O7/c1-14-3-5-17(13-20(14)28(31)32)23-27-19(25(30)35-23)11-15-4-10-21(22(12-15)33-2)34-24(29)16-6-8-18(26)9-7-16/h3-13H,1-2H3/b19-11-. The van der Waals surface area contributed by atoms with Crippen molar-refractivity contribution in [1.29, 1.82) is 0 Å². The van der Waals surface area contributed by atoms with Gasteiger partial charge in [0.1, 0.15) is 0 Å². The van der Waals surface area contributed by atoms with Crippen molar-refractivity contribution in [2.45, 2.75) is 6.92 Å². The number of nitro groups is 1. The zero-order valence-electron chi connectivity index (χ0n) is 18.5. The van der Waals surface area contributed by atoms with Crippen molar-refractivity contribution >= 4 is 41.2 Å². The van der Waals surface area contributed by atoms with Crippen LogP contribution in [0, 0.1) is 17.0 Å². The predicted octanol–water partition coefficient (Wildman–Crippen LogP) is 5.13. The number of benzene rings is 3. The van der Waals surface area contributed by atoms with Gasteiger partial charge in [0.05, 0.1) is 17.6 Å². The number of carbonyl (C=O) groups excluding carboxylic acids is 2. The van der Waals surface area contributed by atoms with Crippen LogP contribution in [0.15, 0.2) is 71.4 Å². The van der Waals surface area contributed by atoms with Crippen LogP contribution < -0.4 is 9.47 Å². The van der Waals surface area contributed by atoms with Gasteiger partial charge in [0.15, 0.2) is 17.2 Å². The molecule has 0 atom stereocenters. The monoisotopic (exact) mass is 492 g/mol. The molecule has 176 valence electrons. The lowest BCUT2D eigenvalue weighted by Crippen LogP contribution is -2.09. The number of rotatable bonds is 6. The Balaban J connectivity index is 1.58. The Morgan fingerprint density at radius 3 is 2.51 bits per heavy atom. The van der Waals surface area contributed by atoms with Crippen molar-refractivity contribution in [3.05, 3.63) is 104 Å². The first-order valence-electron chi connectivity index (χ1n) is 10.2. The van der Waals surface area contributed by atoms with Crippen LogP contribution in [-0.2, 0) is 9.53 Å². The molecule has 3 aromatic carbocycles. The molecule has 1 heterocycles. The van der Waals surface area contributed by atoms with Gasteiger partial charge in [0.25, 0.3) is 5.69 Å². The summed E-state index contributed by atoms with van der Waals surface area (Å²) in [6.07, 6.45) is 1.46. The summed E-state index contributed by atoms with van der Waals surface area (Å²) in [4.78, 5) is 39.6. The minimum Gasteiger partial charge on any atom is -0.493 e. The summed E-state index contributed by atoms with van der Waals surface area (Å²) < 4.78 is 16.0. The molecule has 9 nitrogen and oxygen atoms in total. The van der Waals surface area contributed by atoms with Crippen molar-refractivity contribution in [3.63, 3.8) is 0 Å². The van der Waals surface area contributed by atoms with E-state index < -0.39 is 16.9 Å². The summed E-state index contributed by atoms with van der Waals surface area (Å²) in [7, 11) is 1.41. The third-order valence-electron chi connectivity index (χ3n) is 5.05. The molecule has 0 amide bonds. The maximum absolute atomic E-state index is 12.4. The highest BCUT2D eigenvalue weighted by Gasteiger charge is 2.26. The van der Waals surface area contributed by atoms with Gasteiger partial charge >= 0.3 is 11.9 Å². The molecule has 0 aliphatic carbocycles. The van der Waals surface area contributed by atoms with E-state index in [1.165, 1.54) is 25.3 Å². The fraction of sp³-hybridized carbons (Fsp3) is 0.0800. The normalized spacial score (nSPS) is 13.9.